The van der Waals surface area contributed by atoms with Crippen molar-refractivity contribution in [3.8, 4) is 17.1 Å². The number of hydrogen-bond donors (Lipinski definition) is 3. The zero-order chi connectivity index (χ0) is 11.8. The van der Waals surface area contributed by atoms with Gasteiger partial charge < -0.3 is 15.8 Å². The number of para-hydroxylation sites is 2. The van der Waals surface area contributed by atoms with Crippen LogP contribution in [0.5, 0.6) is 5.75 Å². The van der Waals surface area contributed by atoms with Gasteiger partial charge in [0.05, 0.1) is 16.6 Å². The number of fused-ring (bicyclic) bond motifs is 1. The average Bonchev–Trinajstić information content (AvgIpc) is 2.75. The van der Waals surface area contributed by atoms with Crippen molar-refractivity contribution in [2.45, 2.75) is 0 Å². The minimum absolute atomic E-state index is 0.165. The molecule has 0 aliphatic carbocycles. The van der Waals surface area contributed by atoms with E-state index in [9.17, 15) is 5.11 Å². The highest BCUT2D eigenvalue weighted by Crippen LogP contribution is 2.30. The fraction of sp³-hybridized carbons (Fsp3) is 0. The van der Waals surface area contributed by atoms with E-state index in [0.717, 1.165) is 11.0 Å². The number of nitrogens with two attached hydrogens (primary N) is 1. The van der Waals surface area contributed by atoms with Crippen molar-refractivity contribution in [1.82, 2.24) is 9.97 Å². The number of phenolic OH excluding ortho intramolecular Hbond substituents is 1. The quantitative estimate of drug-likeness (QED) is 0.440. The molecule has 84 valence electrons. The molecule has 4 heteroatoms. The maximum atomic E-state index is 9.80. The molecule has 0 aliphatic rings. The van der Waals surface area contributed by atoms with Gasteiger partial charge in [-0.2, -0.15) is 0 Å². The Hall–Kier alpha value is -2.49. The number of aromatic nitrogens is 2. The topological polar surface area (TPSA) is 74.9 Å². The van der Waals surface area contributed by atoms with Crippen LogP contribution >= 0.6 is 0 Å². The Labute approximate surface area is 97.7 Å². The molecule has 1 aromatic heterocycles. The first-order chi connectivity index (χ1) is 8.24. The van der Waals surface area contributed by atoms with E-state index in [1.807, 2.05) is 24.3 Å². The van der Waals surface area contributed by atoms with Gasteiger partial charge in [0, 0.05) is 5.69 Å². The molecule has 4 nitrogen and oxygen atoms in total. The van der Waals surface area contributed by atoms with Crippen LogP contribution in [0.15, 0.2) is 42.5 Å². The molecule has 0 bridgehead atoms. The second-order valence-corrected chi connectivity index (χ2v) is 3.88. The summed E-state index contributed by atoms with van der Waals surface area (Å²) in [5, 5.41) is 9.80. The number of nitrogen functional groups attached to an aromatic ring is 1. The lowest BCUT2D eigenvalue weighted by molar-refractivity contribution is 0.477. The SMILES string of the molecule is Nc1ccc(O)c(-c2nc3ccccc3[nH]2)c1. The van der Waals surface area contributed by atoms with Gasteiger partial charge in [0.25, 0.3) is 0 Å². The molecular formula is C13H11N3O. The highest BCUT2D eigenvalue weighted by molar-refractivity contribution is 5.81. The van der Waals surface area contributed by atoms with E-state index in [4.69, 9.17) is 5.73 Å². The van der Waals surface area contributed by atoms with E-state index in [-0.39, 0.29) is 5.75 Å². The Balaban J connectivity index is 2.23. The number of aromatic hydroxyl groups is 1. The van der Waals surface area contributed by atoms with Crippen molar-refractivity contribution in [2.75, 3.05) is 5.73 Å². The maximum absolute atomic E-state index is 9.80. The molecule has 0 saturated heterocycles. The number of anilines is 1. The van der Waals surface area contributed by atoms with E-state index < -0.39 is 0 Å². The van der Waals surface area contributed by atoms with Crippen molar-refractivity contribution in [2.24, 2.45) is 0 Å². The van der Waals surface area contributed by atoms with Crippen LogP contribution in [0.2, 0.25) is 0 Å². The van der Waals surface area contributed by atoms with Crippen LogP contribution in [-0.4, -0.2) is 15.1 Å². The van der Waals surface area contributed by atoms with Crippen LogP contribution in [0.1, 0.15) is 0 Å². The molecule has 0 spiro atoms. The third-order valence-corrected chi connectivity index (χ3v) is 2.67. The molecule has 3 rings (SSSR count). The van der Waals surface area contributed by atoms with Crippen LogP contribution in [0.25, 0.3) is 22.4 Å². The summed E-state index contributed by atoms with van der Waals surface area (Å²) in [6.07, 6.45) is 0. The third-order valence-electron chi connectivity index (χ3n) is 2.67. The Morgan fingerprint density at radius 1 is 1.12 bits per heavy atom. The predicted molar refractivity (Wildman–Crippen MR) is 67.6 cm³/mol. The van der Waals surface area contributed by atoms with Gasteiger partial charge in [0.1, 0.15) is 11.6 Å². The summed E-state index contributed by atoms with van der Waals surface area (Å²) in [5.41, 5.74) is 8.71. The number of benzene rings is 2. The van der Waals surface area contributed by atoms with Crippen LogP contribution < -0.4 is 5.73 Å². The van der Waals surface area contributed by atoms with E-state index >= 15 is 0 Å². The molecular weight excluding hydrogens is 214 g/mol. The van der Waals surface area contributed by atoms with Crippen molar-refractivity contribution in [1.29, 1.82) is 0 Å². The molecule has 0 saturated carbocycles. The van der Waals surface area contributed by atoms with Crippen molar-refractivity contribution in [3.05, 3.63) is 42.5 Å². The number of rotatable bonds is 1. The third kappa shape index (κ3) is 1.59. The standard InChI is InChI=1S/C13H11N3O/c14-8-5-6-12(17)9(7-8)13-15-10-3-1-2-4-11(10)16-13/h1-7,17H,14H2,(H,15,16). The Bertz CT molecular complexity index is 655. The van der Waals surface area contributed by atoms with Gasteiger partial charge in [-0.1, -0.05) is 12.1 Å². The zero-order valence-corrected chi connectivity index (χ0v) is 9.01. The molecule has 17 heavy (non-hydrogen) atoms. The summed E-state index contributed by atoms with van der Waals surface area (Å²) in [6, 6.07) is 12.6. The Morgan fingerprint density at radius 2 is 1.94 bits per heavy atom. The summed E-state index contributed by atoms with van der Waals surface area (Å²) < 4.78 is 0. The molecule has 0 atom stereocenters. The van der Waals surface area contributed by atoms with Gasteiger partial charge in [0.2, 0.25) is 0 Å². The first-order valence-corrected chi connectivity index (χ1v) is 5.27. The normalized spacial score (nSPS) is 10.8. The lowest BCUT2D eigenvalue weighted by Gasteiger charge is -2.01. The molecule has 0 fully saturated rings. The minimum Gasteiger partial charge on any atom is -0.507 e. The van der Waals surface area contributed by atoms with E-state index in [1.165, 1.54) is 0 Å². The molecule has 1 heterocycles. The number of nitrogens with zero attached hydrogens (tertiary/aromatic N) is 1. The number of imidazole rings is 1. The van der Waals surface area contributed by atoms with Crippen molar-refractivity contribution in [3.63, 3.8) is 0 Å². The monoisotopic (exact) mass is 225 g/mol. The van der Waals surface area contributed by atoms with E-state index in [2.05, 4.69) is 9.97 Å². The first-order valence-electron chi connectivity index (χ1n) is 5.27. The van der Waals surface area contributed by atoms with E-state index in [1.54, 1.807) is 18.2 Å². The predicted octanol–water partition coefficient (Wildman–Crippen LogP) is 2.52. The second-order valence-electron chi connectivity index (χ2n) is 3.88. The van der Waals surface area contributed by atoms with Crippen LogP contribution in [0.4, 0.5) is 5.69 Å². The van der Waals surface area contributed by atoms with Gasteiger partial charge in [0.15, 0.2) is 0 Å². The highest BCUT2D eigenvalue weighted by Gasteiger charge is 2.09. The molecule has 4 N–H and O–H groups in total. The van der Waals surface area contributed by atoms with Crippen LogP contribution in [0, 0.1) is 0 Å². The highest BCUT2D eigenvalue weighted by atomic mass is 16.3. The lowest BCUT2D eigenvalue weighted by Crippen LogP contribution is -1.87. The Kier molecular flexibility index (Phi) is 2.01. The van der Waals surface area contributed by atoms with Crippen molar-refractivity contribution >= 4 is 16.7 Å². The smallest absolute Gasteiger partial charge is 0.142 e. The number of phenols is 1. The van der Waals surface area contributed by atoms with Gasteiger partial charge in [-0.15, -0.1) is 0 Å². The first kappa shape index (κ1) is 9.72. The largest absolute Gasteiger partial charge is 0.507 e. The molecule has 0 aliphatic heterocycles. The fourth-order valence-corrected chi connectivity index (χ4v) is 1.82. The molecule has 0 amide bonds. The number of nitrogens with one attached hydrogen (secondary N) is 1. The summed E-state index contributed by atoms with van der Waals surface area (Å²) in [7, 11) is 0. The number of hydrogen-bond acceptors (Lipinski definition) is 3. The second kappa shape index (κ2) is 3.52. The van der Waals surface area contributed by atoms with Gasteiger partial charge in [-0.25, -0.2) is 4.98 Å². The summed E-state index contributed by atoms with van der Waals surface area (Å²) in [5.74, 6) is 0.786. The number of H-pyrrole nitrogens is 1. The van der Waals surface area contributed by atoms with Crippen LogP contribution in [0.3, 0.4) is 0 Å². The van der Waals surface area contributed by atoms with Gasteiger partial charge in [-0.3, -0.25) is 0 Å². The lowest BCUT2D eigenvalue weighted by atomic mass is 10.1. The number of aromatic amines is 1. The van der Waals surface area contributed by atoms with Crippen molar-refractivity contribution < 1.29 is 5.11 Å². The average molecular weight is 225 g/mol. The zero-order valence-electron chi connectivity index (χ0n) is 9.01. The molecule has 0 radical (unpaired) electrons. The molecule has 0 unspecified atom stereocenters. The summed E-state index contributed by atoms with van der Waals surface area (Å²) in [6.45, 7) is 0. The minimum atomic E-state index is 0.165. The maximum Gasteiger partial charge on any atom is 0.142 e. The fourth-order valence-electron chi connectivity index (χ4n) is 1.82. The Morgan fingerprint density at radius 3 is 2.76 bits per heavy atom. The molecule has 3 aromatic rings. The summed E-state index contributed by atoms with van der Waals surface area (Å²) >= 11 is 0. The summed E-state index contributed by atoms with van der Waals surface area (Å²) in [4.78, 5) is 7.57. The van der Waals surface area contributed by atoms with Crippen LogP contribution in [-0.2, 0) is 0 Å². The molecule has 2 aromatic carbocycles. The van der Waals surface area contributed by atoms with Gasteiger partial charge in [-0.05, 0) is 30.3 Å². The van der Waals surface area contributed by atoms with E-state index in [0.29, 0.717) is 17.1 Å². The van der Waals surface area contributed by atoms with Gasteiger partial charge >= 0.3 is 0 Å².